The van der Waals surface area contributed by atoms with Gasteiger partial charge in [-0.3, -0.25) is 0 Å². The molecular formula is C18H19FN2O4S. The summed E-state index contributed by atoms with van der Waals surface area (Å²) in [4.78, 5) is 14.2. The van der Waals surface area contributed by atoms with Gasteiger partial charge < -0.3 is 14.4 Å². The maximum atomic E-state index is 12.6. The lowest BCUT2D eigenvalue weighted by atomic mass is 9.87. The molecule has 0 spiro atoms. The van der Waals surface area contributed by atoms with E-state index in [0.717, 1.165) is 24.8 Å². The number of urea groups is 1. The van der Waals surface area contributed by atoms with Crippen molar-refractivity contribution in [1.82, 2.24) is 4.90 Å². The van der Waals surface area contributed by atoms with Crippen LogP contribution in [-0.4, -0.2) is 26.4 Å². The standard InChI is InChI=1S/C18H19FN2O4S/c1-21(17-8-4-6-13-5-2-3-7-16(13)17)18(22)20-14-9-11-15(12-10-14)25-26(19,23)24/h2-3,5,7,9-12,17H,4,6,8H2,1H3,(H,20,22). The van der Waals surface area contributed by atoms with Gasteiger partial charge in [-0.2, -0.15) is 8.42 Å². The molecule has 2 amide bonds. The third-order valence-corrected chi connectivity index (χ3v) is 4.82. The van der Waals surface area contributed by atoms with Gasteiger partial charge in [0.2, 0.25) is 0 Å². The van der Waals surface area contributed by atoms with E-state index in [1.54, 1.807) is 11.9 Å². The highest BCUT2D eigenvalue weighted by atomic mass is 32.3. The molecule has 1 aliphatic rings. The summed E-state index contributed by atoms with van der Waals surface area (Å²) >= 11 is 0. The summed E-state index contributed by atoms with van der Waals surface area (Å²) in [6.07, 6.45) is 2.92. The van der Waals surface area contributed by atoms with Crippen molar-refractivity contribution in [3.63, 3.8) is 0 Å². The van der Waals surface area contributed by atoms with Crippen LogP contribution in [0.4, 0.5) is 14.4 Å². The number of fused-ring (bicyclic) bond motifs is 1. The third kappa shape index (κ3) is 4.32. The fraction of sp³-hybridized carbons (Fsp3) is 0.278. The largest absolute Gasteiger partial charge is 0.488 e. The van der Waals surface area contributed by atoms with Crippen molar-refractivity contribution in [2.45, 2.75) is 25.3 Å². The molecule has 2 aromatic rings. The fourth-order valence-electron chi connectivity index (χ4n) is 3.19. The Kier molecular flexibility index (Phi) is 5.13. The smallest absolute Gasteiger partial charge is 0.358 e. The average Bonchev–Trinajstić information content (AvgIpc) is 2.61. The highest BCUT2D eigenvalue weighted by molar-refractivity contribution is 7.81. The van der Waals surface area contributed by atoms with Crippen molar-refractivity contribution >= 4 is 22.2 Å². The molecular weight excluding hydrogens is 359 g/mol. The van der Waals surface area contributed by atoms with Gasteiger partial charge in [-0.05, 0) is 54.7 Å². The maximum absolute atomic E-state index is 12.6. The Bertz CT molecular complexity index is 900. The van der Waals surface area contributed by atoms with Gasteiger partial charge in [0.15, 0.2) is 0 Å². The molecule has 0 saturated heterocycles. The number of carbonyl (C=O) groups is 1. The number of amides is 2. The Labute approximate surface area is 152 Å². The van der Waals surface area contributed by atoms with Gasteiger partial charge >= 0.3 is 16.5 Å². The molecule has 8 heteroatoms. The first-order chi connectivity index (χ1) is 12.3. The lowest BCUT2D eigenvalue weighted by molar-refractivity contribution is 0.197. The van der Waals surface area contributed by atoms with Crippen LogP contribution in [0.3, 0.4) is 0 Å². The molecule has 2 aromatic carbocycles. The minimum atomic E-state index is -5.07. The van der Waals surface area contributed by atoms with Crippen LogP contribution in [0.15, 0.2) is 48.5 Å². The molecule has 1 N–H and O–H groups in total. The Balaban J connectivity index is 1.68. The number of halogens is 1. The second-order valence-corrected chi connectivity index (χ2v) is 7.10. The Morgan fingerprint density at radius 2 is 1.88 bits per heavy atom. The summed E-state index contributed by atoms with van der Waals surface area (Å²) in [7, 11) is -3.32. The lowest BCUT2D eigenvalue weighted by Crippen LogP contribution is -2.36. The van der Waals surface area contributed by atoms with Crippen molar-refractivity contribution in [1.29, 1.82) is 0 Å². The van der Waals surface area contributed by atoms with Crippen LogP contribution in [0.25, 0.3) is 0 Å². The number of aryl methyl sites for hydroxylation is 1. The molecule has 1 atom stereocenters. The minimum Gasteiger partial charge on any atom is -0.358 e. The van der Waals surface area contributed by atoms with Gasteiger partial charge in [-0.15, -0.1) is 0 Å². The molecule has 0 bridgehead atoms. The highest BCUT2D eigenvalue weighted by Gasteiger charge is 2.26. The molecule has 1 aliphatic carbocycles. The molecule has 26 heavy (non-hydrogen) atoms. The van der Waals surface area contributed by atoms with E-state index in [2.05, 4.69) is 15.6 Å². The van der Waals surface area contributed by atoms with E-state index >= 15 is 0 Å². The minimum absolute atomic E-state index is 0.000706. The molecule has 0 radical (unpaired) electrons. The summed E-state index contributed by atoms with van der Waals surface area (Å²) < 4.78 is 37.5. The second-order valence-electron chi connectivity index (χ2n) is 6.15. The van der Waals surface area contributed by atoms with E-state index < -0.39 is 10.5 Å². The topological polar surface area (TPSA) is 75.7 Å². The van der Waals surface area contributed by atoms with Crippen molar-refractivity contribution in [2.75, 3.05) is 12.4 Å². The average molecular weight is 378 g/mol. The first kappa shape index (κ1) is 18.2. The number of rotatable bonds is 4. The van der Waals surface area contributed by atoms with Crippen LogP contribution < -0.4 is 9.50 Å². The fourth-order valence-corrected chi connectivity index (χ4v) is 3.53. The summed E-state index contributed by atoms with van der Waals surface area (Å²) in [5.74, 6) is -0.167. The van der Waals surface area contributed by atoms with Crippen molar-refractivity contribution < 1.29 is 21.3 Å². The predicted molar refractivity (Wildman–Crippen MR) is 96.0 cm³/mol. The molecule has 6 nitrogen and oxygen atoms in total. The number of carbonyl (C=O) groups excluding carboxylic acids is 1. The van der Waals surface area contributed by atoms with Crippen molar-refractivity contribution in [3.8, 4) is 5.75 Å². The first-order valence-electron chi connectivity index (χ1n) is 8.19. The summed E-state index contributed by atoms with van der Waals surface area (Å²) in [6.45, 7) is 0. The molecule has 3 rings (SSSR count). The van der Waals surface area contributed by atoms with E-state index in [9.17, 15) is 17.1 Å². The summed E-state index contributed by atoms with van der Waals surface area (Å²) in [6, 6.07) is 13.3. The van der Waals surface area contributed by atoms with Gasteiger partial charge in [-0.1, -0.05) is 28.2 Å². The van der Waals surface area contributed by atoms with Gasteiger partial charge in [0.1, 0.15) is 5.75 Å². The van der Waals surface area contributed by atoms with Crippen LogP contribution in [-0.2, 0) is 16.9 Å². The highest BCUT2D eigenvalue weighted by Crippen LogP contribution is 2.33. The van der Waals surface area contributed by atoms with Gasteiger partial charge in [0, 0.05) is 12.7 Å². The maximum Gasteiger partial charge on any atom is 0.488 e. The SMILES string of the molecule is CN(C(=O)Nc1ccc(OS(=O)(=O)F)cc1)C1CCCc2ccccc21. The molecule has 0 aromatic heterocycles. The van der Waals surface area contributed by atoms with E-state index in [4.69, 9.17) is 0 Å². The number of hydrogen-bond acceptors (Lipinski definition) is 4. The predicted octanol–water partition coefficient (Wildman–Crippen LogP) is 3.82. The summed E-state index contributed by atoms with van der Waals surface area (Å²) in [5, 5.41) is 2.75. The van der Waals surface area contributed by atoms with E-state index in [0.29, 0.717) is 5.69 Å². The third-order valence-electron chi connectivity index (χ3n) is 4.43. The Hall–Kier alpha value is -2.61. The lowest BCUT2D eigenvalue weighted by Gasteiger charge is -2.33. The van der Waals surface area contributed by atoms with Crippen LogP contribution in [0.5, 0.6) is 5.75 Å². The van der Waals surface area contributed by atoms with Crippen LogP contribution >= 0.6 is 0 Å². The van der Waals surface area contributed by atoms with Crippen LogP contribution in [0.2, 0.25) is 0 Å². The van der Waals surface area contributed by atoms with E-state index in [-0.39, 0.29) is 17.8 Å². The number of benzene rings is 2. The number of anilines is 1. The zero-order valence-electron chi connectivity index (χ0n) is 14.2. The van der Waals surface area contributed by atoms with E-state index in [1.165, 1.54) is 29.8 Å². The van der Waals surface area contributed by atoms with Gasteiger partial charge in [-0.25, -0.2) is 4.79 Å². The van der Waals surface area contributed by atoms with Crippen molar-refractivity contribution in [2.24, 2.45) is 0 Å². The quantitative estimate of drug-likeness (QED) is 0.821. The number of hydrogen-bond donors (Lipinski definition) is 1. The molecule has 0 aliphatic heterocycles. The van der Waals surface area contributed by atoms with Crippen LogP contribution in [0, 0.1) is 0 Å². The molecule has 0 fully saturated rings. The monoisotopic (exact) mass is 378 g/mol. The van der Waals surface area contributed by atoms with Crippen LogP contribution in [0.1, 0.15) is 30.0 Å². The Morgan fingerprint density at radius 3 is 2.58 bits per heavy atom. The number of nitrogens with zero attached hydrogens (tertiary/aromatic N) is 1. The first-order valence-corrected chi connectivity index (χ1v) is 9.50. The number of nitrogens with one attached hydrogen (secondary N) is 1. The van der Waals surface area contributed by atoms with Crippen molar-refractivity contribution in [3.05, 3.63) is 59.7 Å². The second kappa shape index (κ2) is 7.33. The Morgan fingerprint density at radius 1 is 1.19 bits per heavy atom. The summed E-state index contributed by atoms with van der Waals surface area (Å²) in [5.41, 5.74) is 2.88. The van der Waals surface area contributed by atoms with E-state index in [1.807, 2.05) is 18.2 Å². The molecule has 0 saturated carbocycles. The molecule has 1 unspecified atom stereocenters. The van der Waals surface area contributed by atoms with Gasteiger partial charge in [0.05, 0.1) is 6.04 Å². The molecule has 0 heterocycles. The zero-order valence-corrected chi connectivity index (χ0v) is 15.0. The van der Waals surface area contributed by atoms with Gasteiger partial charge in [0.25, 0.3) is 0 Å². The molecule has 138 valence electrons. The normalized spacial score (nSPS) is 16.5. The zero-order chi connectivity index (χ0) is 18.7.